The normalized spacial score (nSPS) is 12.3. The van der Waals surface area contributed by atoms with E-state index in [1.807, 2.05) is 147 Å². The van der Waals surface area contributed by atoms with Crippen LogP contribution in [0.3, 0.4) is 0 Å². The van der Waals surface area contributed by atoms with Crippen LogP contribution in [0.5, 0.6) is 0 Å². The highest BCUT2D eigenvalue weighted by Crippen LogP contribution is 2.43. The van der Waals surface area contributed by atoms with Gasteiger partial charge in [-0.15, -0.1) is 0 Å². The SMILES string of the molecule is CC(=C(C(=O)C(=C(C)c1ccccc1-c1ccc(Cl)cc1)c1ccccc1Cl)c1ccccc1Cl)c1ccccc1-c1ccc(Cl)cc1. The van der Waals surface area contributed by atoms with Crippen molar-refractivity contribution in [3.8, 4) is 22.3 Å². The summed E-state index contributed by atoms with van der Waals surface area (Å²) >= 11 is 26.3. The number of carbonyl (C=O) groups excluding carboxylic acids is 1. The summed E-state index contributed by atoms with van der Waals surface area (Å²) in [6.07, 6.45) is 0. The number of hydrogen-bond donors (Lipinski definition) is 0. The monoisotopic (exact) mass is 702 g/mol. The van der Waals surface area contributed by atoms with Gasteiger partial charge in [-0.25, -0.2) is 0 Å². The molecule has 48 heavy (non-hydrogen) atoms. The van der Waals surface area contributed by atoms with Crippen LogP contribution in [0.25, 0.3) is 44.5 Å². The number of rotatable bonds is 8. The van der Waals surface area contributed by atoms with Crippen LogP contribution in [0.1, 0.15) is 36.1 Å². The number of ketones is 1. The van der Waals surface area contributed by atoms with E-state index < -0.39 is 0 Å². The van der Waals surface area contributed by atoms with E-state index in [9.17, 15) is 0 Å². The lowest BCUT2D eigenvalue weighted by Gasteiger charge is -2.21. The Morgan fingerprint density at radius 1 is 0.396 bits per heavy atom. The van der Waals surface area contributed by atoms with Crippen molar-refractivity contribution in [3.05, 3.63) is 188 Å². The topological polar surface area (TPSA) is 17.1 Å². The first kappa shape index (κ1) is 33.5. The van der Waals surface area contributed by atoms with E-state index in [2.05, 4.69) is 12.1 Å². The molecule has 236 valence electrons. The number of allylic oxidation sites excluding steroid dienone is 4. The Labute approximate surface area is 301 Å². The molecular formula is C43H30Cl4O. The smallest absolute Gasteiger partial charge is 0.194 e. The molecule has 0 radical (unpaired) electrons. The third-order valence-corrected chi connectivity index (χ3v) is 9.63. The minimum atomic E-state index is -0.192. The van der Waals surface area contributed by atoms with Crippen LogP contribution in [-0.2, 0) is 4.79 Å². The minimum Gasteiger partial charge on any atom is -0.289 e. The van der Waals surface area contributed by atoms with Crippen molar-refractivity contribution in [2.75, 3.05) is 0 Å². The van der Waals surface area contributed by atoms with E-state index in [1.54, 1.807) is 0 Å². The van der Waals surface area contributed by atoms with Crippen molar-refractivity contribution < 1.29 is 4.79 Å². The molecule has 0 unspecified atom stereocenters. The van der Waals surface area contributed by atoms with Crippen molar-refractivity contribution >= 4 is 74.5 Å². The predicted octanol–water partition coefficient (Wildman–Crippen LogP) is 13.8. The summed E-state index contributed by atoms with van der Waals surface area (Å²) in [6.45, 7) is 3.96. The molecule has 0 atom stereocenters. The van der Waals surface area contributed by atoms with Crippen LogP contribution >= 0.6 is 46.4 Å². The molecule has 0 saturated carbocycles. The van der Waals surface area contributed by atoms with Crippen LogP contribution in [-0.4, -0.2) is 5.78 Å². The number of Topliss-reactive ketones (excluding diaryl/α,β-unsaturated/α-hetero) is 1. The van der Waals surface area contributed by atoms with Gasteiger partial charge in [0.15, 0.2) is 5.78 Å². The van der Waals surface area contributed by atoms with E-state index in [4.69, 9.17) is 46.4 Å². The van der Waals surface area contributed by atoms with E-state index in [0.717, 1.165) is 44.5 Å². The standard InChI is InChI=1S/C43H30Cl4O/c1-27(33-11-3-5-13-35(33)29-19-23-31(44)24-20-29)41(37-15-7-9-17-39(37)46)43(48)42(38-16-8-10-18-40(38)47)28(2)34-12-4-6-14-36(34)30-21-25-32(45)26-22-30/h3-26H,1-2H3. The average Bonchev–Trinajstić information content (AvgIpc) is 3.11. The van der Waals surface area contributed by atoms with Crippen molar-refractivity contribution in [1.82, 2.24) is 0 Å². The summed E-state index contributed by atoms with van der Waals surface area (Å²) in [5.74, 6) is -0.192. The van der Waals surface area contributed by atoms with Gasteiger partial charge in [0, 0.05) is 42.4 Å². The molecule has 0 fully saturated rings. The van der Waals surface area contributed by atoms with Gasteiger partial charge in [0.25, 0.3) is 0 Å². The van der Waals surface area contributed by atoms with Gasteiger partial charge in [-0.1, -0.05) is 156 Å². The first-order chi connectivity index (χ1) is 23.2. The third kappa shape index (κ3) is 6.92. The zero-order valence-corrected chi connectivity index (χ0v) is 29.3. The summed E-state index contributed by atoms with van der Waals surface area (Å²) in [5.41, 5.74) is 9.51. The second kappa shape index (κ2) is 14.8. The lowest BCUT2D eigenvalue weighted by Crippen LogP contribution is -2.10. The molecule has 0 bridgehead atoms. The Kier molecular flexibility index (Phi) is 10.3. The summed E-state index contributed by atoms with van der Waals surface area (Å²) in [4.78, 5) is 15.5. The van der Waals surface area contributed by atoms with E-state index in [1.165, 1.54) is 0 Å². The maximum Gasteiger partial charge on any atom is 0.194 e. The molecule has 5 heteroatoms. The van der Waals surface area contributed by atoms with Crippen LogP contribution in [0.15, 0.2) is 146 Å². The average molecular weight is 705 g/mol. The van der Waals surface area contributed by atoms with Gasteiger partial charge in [-0.05, 0) is 94.8 Å². The fraction of sp³-hybridized carbons (Fsp3) is 0.0465. The predicted molar refractivity (Wildman–Crippen MR) is 207 cm³/mol. The molecule has 1 nitrogen and oxygen atoms in total. The number of halogens is 4. The second-order valence-electron chi connectivity index (χ2n) is 11.4. The van der Waals surface area contributed by atoms with Gasteiger partial charge in [0.05, 0.1) is 0 Å². The molecule has 6 rings (SSSR count). The lowest BCUT2D eigenvalue weighted by molar-refractivity contribution is -0.108. The molecular weight excluding hydrogens is 674 g/mol. The Hall–Kier alpha value is -4.37. The summed E-state index contributed by atoms with van der Waals surface area (Å²) < 4.78 is 0. The van der Waals surface area contributed by atoms with Crippen molar-refractivity contribution in [3.63, 3.8) is 0 Å². The molecule has 0 saturated heterocycles. The van der Waals surface area contributed by atoms with E-state index in [-0.39, 0.29) is 5.78 Å². The van der Waals surface area contributed by atoms with E-state index in [0.29, 0.717) is 42.4 Å². The number of carbonyl (C=O) groups is 1. The van der Waals surface area contributed by atoms with Gasteiger partial charge in [0.1, 0.15) is 0 Å². The highest BCUT2D eigenvalue weighted by Gasteiger charge is 2.28. The third-order valence-electron chi connectivity index (χ3n) is 8.46. The number of hydrogen-bond acceptors (Lipinski definition) is 1. The summed E-state index contributed by atoms with van der Waals surface area (Å²) in [7, 11) is 0. The zero-order valence-electron chi connectivity index (χ0n) is 26.3. The quantitative estimate of drug-likeness (QED) is 0.114. The van der Waals surface area contributed by atoms with Crippen molar-refractivity contribution in [1.29, 1.82) is 0 Å². The molecule has 0 aliphatic carbocycles. The molecule has 0 amide bonds. The Balaban J connectivity index is 1.66. The molecule has 0 aliphatic heterocycles. The number of benzene rings is 6. The second-order valence-corrected chi connectivity index (χ2v) is 13.1. The van der Waals surface area contributed by atoms with Gasteiger partial charge in [0.2, 0.25) is 0 Å². The maximum absolute atomic E-state index is 15.5. The minimum absolute atomic E-state index is 0.192. The Morgan fingerprint density at radius 2 is 0.708 bits per heavy atom. The summed E-state index contributed by atoms with van der Waals surface area (Å²) in [6, 6.07) is 46.4. The van der Waals surface area contributed by atoms with Crippen LogP contribution in [0, 0.1) is 0 Å². The Bertz CT molecular complexity index is 2040. The summed E-state index contributed by atoms with van der Waals surface area (Å²) in [5, 5.41) is 2.25. The lowest BCUT2D eigenvalue weighted by atomic mass is 9.82. The fourth-order valence-electron chi connectivity index (χ4n) is 6.09. The molecule has 6 aromatic carbocycles. The van der Waals surface area contributed by atoms with Gasteiger partial charge >= 0.3 is 0 Å². The zero-order chi connectivity index (χ0) is 33.8. The van der Waals surface area contributed by atoms with Crippen molar-refractivity contribution in [2.24, 2.45) is 0 Å². The van der Waals surface area contributed by atoms with Gasteiger partial charge in [-0.3, -0.25) is 4.79 Å². The molecule has 0 spiro atoms. The molecule has 6 aromatic rings. The first-order valence-corrected chi connectivity index (χ1v) is 16.9. The van der Waals surface area contributed by atoms with Gasteiger partial charge < -0.3 is 0 Å². The van der Waals surface area contributed by atoms with Crippen molar-refractivity contribution in [2.45, 2.75) is 13.8 Å². The van der Waals surface area contributed by atoms with Crippen LogP contribution in [0.4, 0.5) is 0 Å². The molecule has 0 N–H and O–H groups in total. The molecule has 0 heterocycles. The highest BCUT2D eigenvalue weighted by molar-refractivity contribution is 6.51. The largest absolute Gasteiger partial charge is 0.289 e. The Morgan fingerprint density at radius 3 is 1.06 bits per heavy atom. The molecule has 0 aromatic heterocycles. The maximum atomic E-state index is 15.5. The van der Waals surface area contributed by atoms with E-state index >= 15 is 4.79 Å². The first-order valence-electron chi connectivity index (χ1n) is 15.4. The highest BCUT2D eigenvalue weighted by atomic mass is 35.5. The molecule has 0 aliphatic rings. The van der Waals surface area contributed by atoms with Gasteiger partial charge in [-0.2, -0.15) is 0 Å². The van der Waals surface area contributed by atoms with Crippen LogP contribution < -0.4 is 0 Å². The van der Waals surface area contributed by atoms with Crippen LogP contribution in [0.2, 0.25) is 20.1 Å². The fourth-order valence-corrected chi connectivity index (χ4v) is 6.81.